The summed E-state index contributed by atoms with van der Waals surface area (Å²) in [6.45, 7) is 17.5. The number of amides is 1. The number of rotatable bonds is 11. The van der Waals surface area contributed by atoms with Crippen LogP contribution in [0, 0.1) is 18.3 Å². The lowest BCUT2D eigenvalue weighted by Crippen LogP contribution is -2.43. The first kappa shape index (κ1) is 29.3. The van der Waals surface area contributed by atoms with Gasteiger partial charge in [-0.3, -0.25) is 9.69 Å². The molecule has 1 aliphatic heterocycles. The van der Waals surface area contributed by atoms with Gasteiger partial charge in [0, 0.05) is 39.1 Å². The van der Waals surface area contributed by atoms with Crippen molar-refractivity contribution < 1.29 is 17.9 Å². The summed E-state index contributed by atoms with van der Waals surface area (Å²) in [5, 5.41) is 0.0795. The Morgan fingerprint density at radius 1 is 1.16 bits per heavy atom. The van der Waals surface area contributed by atoms with Crippen LogP contribution in [0.5, 0.6) is 0 Å². The molecule has 1 aliphatic rings. The van der Waals surface area contributed by atoms with Crippen LogP contribution in [0.4, 0.5) is 0 Å². The van der Waals surface area contributed by atoms with Gasteiger partial charge < -0.3 is 14.2 Å². The fourth-order valence-corrected chi connectivity index (χ4v) is 6.11. The van der Waals surface area contributed by atoms with Crippen LogP contribution in [-0.2, 0) is 38.2 Å². The molecule has 8 nitrogen and oxygen atoms in total. The molecule has 0 saturated carbocycles. The van der Waals surface area contributed by atoms with Crippen molar-refractivity contribution in [1.29, 1.82) is 0 Å². The molecule has 2 aromatic rings. The minimum atomic E-state index is -3.68. The van der Waals surface area contributed by atoms with E-state index in [-0.39, 0.29) is 28.1 Å². The number of aryl methyl sites for hydroxylation is 1. The molecule has 37 heavy (non-hydrogen) atoms. The van der Waals surface area contributed by atoms with Crippen LogP contribution in [0.25, 0.3) is 0 Å². The van der Waals surface area contributed by atoms with Gasteiger partial charge in [0.25, 0.3) is 0 Å². The minimum absolute atomic E-state index is 0.0716. The number of carbonyl (C=O) groups is 1. The van der Waals surface area contributed by atoms with Crippen LogP contribution in [0.2, 0.25) is 0 Å². The maximum Gasteiger partial charge on any atom is 0.228 e. The van der Waals surface area contributed by atoms with E-state index in [0.29, 0.717) is 39.3 Å². The third-order valence-electron chi connectivity index (χ3n) is 6.51. The predicted octanol–water partition coefficient (Wildman–Crippen LogP) is 3.92. The quantitative estimate of drug-likeness (QED) is 0.436. The highest BCUT2D eigenvalue weighted by Gasteiger charge is 2.28. The van der Waals surface area contributed by atoms with E-state index in [1.165, 1.54) is 0 Å². The summed E-state index contributed by atoms with van der Waals surface area (Å²) in [4.78, 5) is 22.0. The highest BCUT2D eigenvalue weighted by atomic mass is 32.2. The molecule has 0 unspecified atom stereocenters. The molecule has 0 spiro atoms. The monoisotopic (exact) mass is 532 g/mol. The average Bonchev–Trinajstić information content (AvgIpc) is 3.20. The van der Waals surface area contributed by atoms with Gasteiger partial charge >= 0.3 is 0 Å². The number of hydrogen-bond acceptors (Lipinski definition) is 6. The molecule has 9 heteroatoms. The van der Waals surface area contributed by atoms with Gasteiger partial charge in [-0.05, 0) is 29.4 Å². The van der Waals surface area contributed by atoms with E-state index in [0.717, 1.165) is 36.5 Å². The van der Waals surface area contributed by atoms with Crippen molar-refractivity contribution in [3.05, 3.63) is 47.3 Å². The lowest BCUT2D eigenvalue weighted by Gasteiger charge is -2.31. The van der Waals surface area contributed by atoms with E-state index >= 15 is 0 Å². The second-order valence-corrected chi connectivity index (χ2v) is 13.6. The van der Waals surface area contributed by atoms with E-state index in [4.69, 9.17) is 4.74 Å². The number of benzene rings is 1. The highest BCUT2D eigenvalue weighted by Crippen LogP contribution is 2.24. The highest BCUT2D eigenvalue weighted by molar-refractivity contribution is 7.90. The second-order valence-electron chi connectivity index (χ2n) is 11.7. The Bertz CT molecular complexity index is 1150. The van der Waals surface area contributed by atoms with Crippen molar-refractivity contribution >= 4 is 15.7 Å². The van der Waals surface area contributed by atoms with E-state index < -0.39 is 9.84 Å². The standard InChI is InChI=1S/C28H44N4O4S/c1-22(2)19-32-25(18-29-27(32)37(34,35)21-24-10-8-7-9-23(24)3)20-31(26(33)17-28(4,5)6)12-11-30-13-15-36-16-14-30/h7-10,18,22H,11-17,19-21H2,1-6H3. The van der Waals surface area contributed by atoms with E-state index in [1.807, 2.05) is 40.7 Å². The van der Waals surface area contributed by atoms with Crippen molar-refractivity contribution in [2.75, 3.05) is 39.4 Å². The van der Waals surface area contributed by atoms with Gasteiger partial charge in [-0.2, -0.15) is 0 Å². The molecule has 0 bridgehead atoms. The first-order chi connectivity index (χ1) is 17.4. The fraction of sp³-hybridized carbons (Fsp3) is 0.643. The summed E-state index contributed by atoms with van der Waals surface area (Å²) >= 11 is 0. The Hall–Kier alpha value is -2.23. The summed E-state index contributed by atoms with van der Waals surface area (Å²) in [5.74, 6) is 0.188. The van der Waals surface area contributed by atoms with Crippen LogP contribution in [0.15, 0.2) is 35.6 Å². The van der Waals surface area contributed by atoms with Crippen LogP contribution in [0.3, 0.4) is 0 Å². The Balaban J connectivity index is 1.89. The third kappa shape index (κ3) is 8.65. The molecule has 1 aromatic heterocycles. The van der Waals surface area contributed by atoms with E-state index in [1.54, 1.807) is 6.20 Å². The first-order valence-electron chi connectivity index (χ1n) is 13.3. The second kappa shape index (κ2) is 12.5. The number of imidazole rings is 1. The molecular formula is C28H44N4O4S. The number of hydrogen-bond donors (Lipinski definition) is 0. The lowest BCUT2D eigenvalue weighted by molar-refractivity contribution is -0.134. The summed E-state index contributed by atoms with van der Waals surface area (Å²) in [7, 11) is -3.68. The molecular weight excluding hydrogens is 488 g/mol. The van der Waals surface area contributed by atoms with Crippen molar-refractivity contribution in [1.82, 2.24) is 19.4 Å². The number of nitrogens with zero attached hydrogens (tertiary/aromatic N) is 4. The zero-order valence-corrected chi connectivity index (χ0v) is 24.2. The van der Waals surface area contributed by atoms with Crippen LogP contribution < -0.4 is 0 Å². The van der Waals surface area contributed by atoms with E-state index in [9.17, 15) is 13.2 Å². The summed E-state index contributed by atoms with van der Waals surface area (Å²) in [6, 6.07) is 7.53. The number of sulfone groups is 1. The zero-order chi connectivity index (χ0) is 27.2. The SMILES string of the molecule is Cc1ccccc1CS(=O)(=O)c1ncc(CN(CCN2CCOCC2)C(=O)CC(C)(C)C)n1CC(C)C. The molecule has 3 rings (SSSR count). The van der Waals surface area contributed by atoms with Crippen molar-refractivity contribution in [3.8, 4) is 0 Å². The summed E-state index contributed by atoms with van der Waals surface area (Å²) in [5.41, 5.74) is 2.32. The molecule has 206 valence electrons. The largest absolute Gasteiger partial charge is 0.379 e. The zero-order valence-electron chi connectivity index (χ0n) is 23.4. The van der Waals surface area contributed by atoms with Gasteiger partial charge in [0.15, 0.2) is 0 Å². The molecule has 2 heterocycles. The van der Waals surface area contributed by atoms with Crippen LogP contribution in [-0.4, -0.2) is 73.1 Å². The molecule has 0 atom stereocenters. The van der Waals surface area contributed by atoms with Gasteiger partial charge in [0.1, 0.15) is 0 Å². The minimum Gasteiger partial charge on any atom is -0.379 e. The van der Waals surface area contributed by atoms with Gasteiger partial charge in [-0.15, -0.1) is 0 Å². The Labute approximate surface area is 222 Å². The van der Waals surface area contributed by atoms with Crippen molar-refractivity contribution in [2.45, 2.75) is 72.0 Å². The maximum absolute atomic E-state index is 13.5. The fourth-order valence-electron chi connectivity index (χ4n) is 4.51. The van der Waals surface area contributed by atoms with Crippen molar-refractivity contribution in [3.63, 3.8) is 0 Å². The Morgan fingerprint density at radius 2 is 1.84 bits per heavy atom. The number of ether oxygens (including phenoxy) is 1. The van der Waals surface area contributed by atoms with Gasteiger partial charge in [-0.25, -0.2) is 13.4 Å². The average molecular weight is 533 g/mol. The first-order valence-corrected chi connectivity index (χ1v) is 14.9. The van der Waals surface area contributed by atoms with Crippen LogP contribution in [0.1, 0.15) is 57.9 Å². The molecule has 0 aliphatic carbocycles. The van der Waals surface area contributed by atoms with Crippen molar-refractivity contribution in [2.24, 2.45) is 11.3 Å². The number of carbonyl (C=O) groups excluding carboxylic acids is 1. The topological polar surface area (TPSA) is 84.7 Å². The molecule has 1 amide bonds. The number of aromatic nitrogens is 2. The molecule has 0 radical (unpaired) electrons. The third-order valence-corrected chi connectivity index (χ3v) is 8.08. The van der Waals surface area contributed by atoms with Gasteiger partial charge in [0.05, 0.1) is 37.4 Å². The van der Waals surface area contributed by atoms with Gasteiger partial charge in [0.2, 0.25) is 20.9 Å². The smallest absolute Gasteiger partial charge is 0.228 e. The Kier molecular flexibility index (Phi) is 9.94. The normalized spacial score (nSPS) is 15.3. The number of morpholine rings is 1. The molecule has 1 aromatic carbocycles. The van der Waals surface area contributed by atoms with Gasteiger partial charge in [-0.1, -0.05) is 58.9 Å². The lowest BCUT2D eigenvalue weighted by atomic mass is 9.91. The van der Waals surface area contributed by atoms with E-state index in [2.05, 4.69) is 44.5 Å². The predicted molar refractivity (Wildman–Crippen MR) is 146 cm³/mol. The molecule has 1 fully saturated rings. The molecule has 0 N–H and O–H groups in total. The maximum atomic E-state index is 13.5. The summed E-state index contributed by atoms with van der Waals surface area (Å²) < 4.78 is 34.3. The molecule has 1 saturated heterocycles. The summed E-state index contributed by atoms with van der Waals surface area (Å²) in [6.07, 6.45) is 2.06. The Morgan fingerprint density at radius 3 is 2.46 bits per heavy atom. The van der Waals surface area contributed by atoms with Crippen LogP contribution >= 0.6 is 0 Å².